The molecule has 0 saturated heterocycles. The van der Waals surface area contributed by atoms with Gasteiger partial charge < -0.3 is 10.4 Å². The van der Waals surface area contributed by atoms with Crippen LogP contribution in [0, 0.1) is 0 Å². The third-order valence-electron chi connectivity index (χ3n) is 4.37. The van der Waals surface area contributed by atoms with Crippen LogP contribution in [0.3, 0.4) is 0 Å². The molecule has 0 spiro atoms. The lowest BCUT2D eigenvalue weighted by atomic mass is 9.79. The molecule has 1 saturated carbocycles. The van der Waals surface area contributed by atoms with Crippen molar-refractivity contribution in [2.45, 2.75) is 70.9 Å². The average molecular weight is 294 g/mol. The molecule has 118 valence electrons. The maximum Gasteiger partial charge on any atom is 0.323 e. The number of likely N-dealkylation sites (N-methyl/N-ethyl adjacent to an activating group) is 1. The molecule has 0 aromatic carbocycles. The topological polar surface area (TPSA) is 80.0 Å². The lowest BCUT2D eigenvalue weighted by molar-refractivity contribution is -0.147. The van der Waals surface area contributed by atoms with E-state index in [9.17, 15) is 9.90 Å². The number of rotatable bonds is 6. The molecular weight excluding hydrogens is 268 g/mol. The maximum absolute atomic E-state index is 11.8. The van der Waals surface area contributed by atoms with Crippen LogP contribution in [0.1, 0.15) is 64.1 Å². The number of hydrogen-bond acceptors (Lipinski definition) is 4. The average Bonchev–Trinajstić information content (AvgIpc) is 2.91. The van der Waals surface area contributed by atoms with Gasteiger partial charge in [0.25, 0.3) is 0 Å². The molecule has 6 nitrogen and oxygen atoms in total. The lowest BCUT2D eigenvalue weighted by Gasteiger charge is -2.38. The molecule has 1 fully saturated rings. The van der Waals surface area contributed by atoms with Gasteiger partial charge in [-0.05, 0) is 32.2 Å². The fourth-order valence-corrected chi connectivity index (χ4v) is 3.31. The fraction of sp³-hybridized carbons (Fsp3) is 0.800. The van der Waals surface area contributed by atoms with Gasteiger partial charge in [-0.1, -0.05) is 20.8 Å². The standard InChI is InChI=1S/C15H26N4O2/c1-4-12-17-13(5-2)19(18-12)11-8-7-9-15(10-11,14(20)21)16-6-3/h11,16H,4-10H2,1-3H3,(H,20,21). The van der Waals surface area contributed by atoms with Crippen LogP contribution in [0.2, 0.25) is 0 Å². The summed E-state index contributed by atoms with van der Waals surface area (Å²) >= 11 is 0. The van der Waals surface area contributed by atoms with Crippen LogP contribution < -0.4 is 5.32 Å². The number of nitrogens with one attached hydrogen (secondary N) is 1. The third-order valence-corrected chi connectivity index (χ3v) is 4.37. The van der Waals surface area contributed by atoms with E-state index in [1.54, 1.807) is 0 Å². The van der Waals surface area contributed by atoms with Gasteiger partial charge in [0.2, 0.25) is 0 Å². The van der Waals surface area contributed by atoms with Crippen LogP contribution in [0.5, 0.6) is 0 Å². The molecule has 1 aliphatic rings. The number of aromatic nitrogens is 3. The zero-order chi connectivity index (χ0) is 15.5. The molecule has 2 N–H and O–H groups in total. The Morgan fingerprint density at radius 1 is 1.43 bits per heavy atom. The zero-order valence-corrected chi connectivity index (χ0v) is 13.2. The Bertz CT molecular complexity index is 496. The molecule has 6 heteroatoms. The van der Waals surface area contributed by atoms with E-state index in [-0.39, 0.29) is 6.04 Å². The highest BCUT2D eigenvalue weighted by Gasteiger charge is 2.43. The van der Waals surface area contributed by atoms with Gasteiger partial charge >= 0.3 is 5.97 Å². The molecule has 21 heavy (non-hydrogen) atoms. The van der Waals surface area contributed by atoms with Crippen LogP contribution in [-0.4, -0.2) is 37.9 Å². The van der Waals surface area contributed by atoms with E-state index in [2.05, 4.69) is 22.3 Å². The highest BCUT2D eigenvalue weighted by Crippen LogP contribution is 2.36. The van der Waals surface area contributed by atoms with Gasteiger partial charge in [-0.3, -0.25) is 4.79 Å². The first-order chi connectivity index (χ1) is 10.1. The Hall–Kier alpha value is -1.43. The summed E-state index contributed by atoms with van der Waals surface area (Å²) in [6.07, 6.45) is 4.77. The predicted molar refractivity (Wildman–Crippen MR) is 80.3 cm³/mol. The molecule has 0 radical (unpaired) electrons. The van der Waals surface area contributed by atoms with Gasteiger partial charge in [0.15, 0.2) is 5.82 Å². The molecule has 1 aromatic heterocycles. The summed E-state index contributed by atoms with van der Waals surface area (Å²) in [5, 5.41) is 17.4. The second-order valence-corrected chi connectivity index (χ2v) is 5.76. The second-order valence-electron chi connectivity index (χ2n) is 5.76. The maximum atomic E-state index is 11.8. The minimum absolute atomic E-state index is 0.122. The number of carboxylic acid groups (broad SMARTS) is 1. The minimum Gasteiger partial charge on any atom is -0.480 e. The summed E-state index contributed by atoms with van der Waals surface area (Å²) in [4.78, 5) is 16.3. The fourth-order valence-electron chi connectivity index (χ4n) is 3.31. The van der Waals surface area contributed by atoms with E-state index in [1.165, 1.54) is 0 Å². The zero-order valence-electron chi connectivity index (χ0n) is 13.2. The monoisotopic (exact) mass is 294 g/mol. The van der Waals surface area contributed by atoms with Crippen molar-refractivity contribution >= 4 is 5.97 Å². The Balaban J connectivity index is 2.28. The van der Waals surface area contributed by atoms with Gasteiger partial charge in [-0.15, -0.1) is 0 Å². The second kappa shape index (κ2) is 6.56. The van der Waals surface area contributed by atoms with Crippen molar-refractivity contribution in [3.63, 3.8) is 0 Å². The van der Waals surface area contributed by atoms with Crippen LogP contribution in [0.15, 0.2) is 0 Å². The van der Waals surface area contributed by atoms with Crippen molar-refractivity contribution in [2.75, 3.05) is 6.54 Å². The molecule has 0 amide bonds. The first kappa shape index (κ1) is 15.9. The number of aliphatic carboxylic acids is 1. The molecule has 1 aromatic rings. The van der Waals surface area contributed by atoms with Crippen molar-refractivity contribution in [1.29, 1.82) is 0 Å². The van der Waals surface area contributed by atoms with Crippen molar-refractivity contribution in [2.24, 2.45) is 0 Å². The molecule has 0 bridgehead atoms. The normalized spacial score (nSPS) is 26.0. The lowest BCUT2D eigenvalue weighted by Crippen LogP contribution is -2.55. The molecule has 2 rings (SSSR count). The Kier molecular flexibility index (Phi) is 4.98. The van der Waals surface area contributed by atoms with E-state index < -0.39 is 11.5 Å². The van der Waals surface area contributed by atoms with Crippen molar-refractivity contribution in [3.8, 4) is 0 Å². The van der Waals surface area contributed by atoms with Crippen LogP contribution in [-0.2, 0) is 17.6 Å². The van der Waals surface area contributed by atoms with Crippen molar-refractivity contribution in [3.05, 3.63) is 11.6 Å². The van der Waals surface area contributed by atoms with Crippen molar-refractivity contribution < 1.29 is 9.90 Å². The highest BCUT2D eigenvalue weighted by atomic mass is 16.4. The summed E-state index contributed by atoms with van der Waals surface area (Å²) in [5.74, 6) is 1.07. The van der Waals surface area contributed by atoms with Gasteiger partial charge in [-0.25, -0.2) is 9.67 Å². The number of aryl methyl sites for hydroxylation is 2. The van der Waals surface area contributed by atoms with Crippen LogP contribution in [0.25, 0.3) is 0 Å². The Morgan fingerprint density at radius 3 is 2.76 bits per heavy atom. The van der Waals surface area contributed by atoms with E-state index in [4.69, 9.17) is 0 Å². The molecule has 1 aliphatic carbocycles. The number of hydrogen-bond donors (Lipinski definition) is 2. The van der Waals surface area contributed by atoms with Crippen LogP contribution in [0.4, 0.5) is 0 Å². The van der Waals surface area contributed by atoms with E-state index in [1.807, 2.05) is 18.5 Å². The van der Waals surface area contributed by atoms with Gasteiger partial charge in [0.1, 0.15) is 11.4 Å². The SMILES string of the molecule is CCNC1(C(=O)O)CCCC(n2nc(CC)nc2CC)C1. The third kappa shape index (κ3) is 3.10. The molecule has 1 heterocycles. The first-order valence-electron chi connectivity index (χ1n) is 7.99. The number of nitrogens with zero attached hydrogens (tertiary/aromatic N) is 3. The van der Waals surface area contributed by atoms with Gasteiger partial charge in [-0.2, -0.15) is 5.10 Å². The van der Waals surface area contributed by atoms with E-state index in [0.29, 0.717) is 19.4 Å². The smallest absolute Gasteiger partial charge is 0.323 e. The molecule has 2 unspecified atom stereocenters. The first-order valence-corrected chi connectivity index (χ1v) is 7.99. The number of carbonyl (C=O) groups is 1. The Labute approximate surface area is 126 Å². The summed E-state index contributed by atoms with van der Waals surface area (Å²) in [6.45, 7) is 6.73. The predicted octanol–water partition coefficient (Wildman–Crippen LogP) is 1.95. The largest absolute Gasteiger partial charge is 0.480 e. The van der Waals surface area contributed by atoms with Crippen molar-refractivity contribution in [1.82, 2.24) is 20.1 Å². The summed E-state index contributed by atoms with van der Waals surface area (Å²) < 4.78 is 1.98. The minimum atomic E-state index is -0.818. The van der Waals surface area contributed by atoms with Gasteiger partial charge in [0.05, 0.1) is 6.04 Å². The highest BCUT2D eigenvalue weighted by molar-refractivity contribution is 5.79. The summed E-state index contributed by atoms with van der Waals surface area (Å²) in [6, 6.07) is 0.122. The van der Waals surface area contributed by atoms with E-state index >= 15 is 0 Å². The molecule has 0 aliphatic heterocycles. The quantitative estimate of drug-likeness (QED) is 0.838. The summed E-state index contributed by atoms with van der Waals surface area (Å²) in [5.41, 5.74) is -0.818. The number of carboxylic acids is 1. The molecular formula is C15H26N4O2. The Morgan fingerprint density at radius 2 is 2.19 bits per heavy atom. The van der Waals surface area contributed by atoms with Gasteiger partial charge in [0, 0.05) is 12.8 Å². The van der Waals surface area contributed by atoms with E-state index in [0.717, 1.165) is 37.3 Å². The molecule has 2 atom stereocenters. The summed E-state index contributed by atoms with van der Waals surface area (Å²) in [7, 11) is 0. The van der Waals surface area contributed by atoms with Crippen LogP contribution >= 0.6 is 0 Å².